The van der Waals surface area contributed by atoms with Crippen LogP contribution in [0.4, 0.5) is 0 Å². The number of ether oxygens (including phenoxy) is 3. The van der Waals surface area contributed by atoms with Gasteiger partial charge in [-0.25, -0.2) is 4.79 Å². The number of nitrogens with zero attached hydrogens (tertiary/aromatic N) is 2. The number of cyclic esters (lactones) is 1. The molecule has 1 amide bonds. The molecule has 32 heavy (non-hydrogen) atoms. The largest absolute Gasteiger partial charge is 0.492 e. The normalized spacial score (nSPS) is 19.4. The Morgan fingerprint density at radius 2 is 2.12 bits per heavy atom. The first-order chi connectivity index (χ1) is 15.4. The monoisotopic (exact) mass is 436 g/mol. The highest BCUT2D eigenvalue weighted by atomic mass is 16.7. The molecule has 1 saturated heterocycles. The molecule has 2 aliphatic heterocycles. The van der Waals surface area contributed by atoms with Crippen LogP contribution < -0.4 is 9.47 Å². The van der Waals surface area contributed by atoms with Crippen LogP contribution in [0, 0.1) is 0 Å². The van der Waals surface area contributed by atoms with Crippen molar-refractivity contribution in [2.75, 3.05) is 13.2 Å². The van der Waals surface area contributed by atoms with E-state index in [-0.39, 0.29) is 11.9 Å². The molecule has 7 nitrogen and oxygen atoms in total. The maximum Gasteiger partial charge on any atom is 0.349 e. The standard InChI is InChI=1S/C25H28N2O5/c1-4-19-18(10-8-14-26-19)23(28)27-15-6-5-9-17(27)13-16-30-20-11-7-12-21-22(20)24(29)32-25(2,3)31-21/h4,7-8,10-12,14,17H,1,5-6,9,13,15-16H2,2-3H3/t17-/m0/s1. The zero-order valence-corrected chi connectivity index (χ0v) is 18.5. The van der Waals surface area contributed by atoms with E-state index in [2.05, 4.69) is 11.6 Å². The van der Waals surface area contributed by atoms with Crippen LogP contribution in [0.3, 0.4) is 0 Å². The third-order valence-electron chi connectivity index (χ3n) is 5.75. The zero-order chi connectivity index (χ0) is 22.7. The number of carbonyl (C=O) groups is 2. The van der Waals surface area contributed by atoms with Gasteiger partial charge < -0.3 is 19.1 Å². The zero-order valence-electron chi connectivity index (χ0n) is 18.5. The van der Waals surface area contributed by atoms with Gasteiger partial charge in [-0.05, 0) is 49.6 Å². The van der Waals surface area contributed by atoms with Crippen molar-refractivity contribution in [3.05, 3.63) is 59.9 Å². The highest BCUT2D eigenvalue weighted by molar-refractivity contribution is 5.97. The number of piperidine rings is 1. The van der Waals surface area contributed by atoms with Gasteiger partial charge in [0.2, 0.25) is 5.79 Å². The molecule has 0 radical (unpaired) electrons. The van der Waals surface area contributed by atoms with Gasteiger partial charge in [0.25, 0.3) is 5.91 Å². The second-order valence-corrected chi connectivity index (χ2v) is 8.45. The van der Waals surface area contributed by atoms with Crippen LogP contribution in [-0.4, -0.2) is 46.7 Å². The molecule has 0 aliphatic carbocycles. The highest BCUT2D eigenvalue weighted by Crippen LogP contribution is 2.37. The van der Waals surface area contributed by atoms with Crippen molar-refractivity contribution in [1.29, 1.82) is 0 Å². The Balaban J connectivity index is 1.45. The topological polar surface area (TPSA) is 78.0 Å². The first-order valence-electron chi connectivity index (χ1n) is 11.0. The summed E-state index contributed by atoms with van der Waals surface area (Å²) in [5.41, 5.74) is 1.46. The van der Waals surface area contributed by atoms with Gasteiger partial charge in [-0.15, -0.1) is 0 Å². The van der Waals surface area contributed by atoms with E-state index < -0.39 is 11.8 Å². The van der Waals surface area contributed by atoms with E-state index in [0.29, 0.717) is 47.9 Å². The predicted octanol–water partition coefficient (Wildman–Crippen LogP) is 4.47. The quantitative estimate of drug-likeness (QED) is 0.622. The van der Waals surface area contributed by atoms with Crippen LogP contribution in [0.25, 0.3) is 6.08 Å². The number of amides is 1. The lowest BCUT2D eigenvalue weighted by Crippen LogP contribution is -2.44. The summed E-state index contributed by atoms with van der Waals surface area (Å²) in [6, 6.07) is 8.87. The van der Waals surface area contributed by atoms with Gasteiger partial charge in [0, 0.05) is 39.1 Å². The van der Waals surface area contributed by atoms with Gasteiger partial charge >= 0.3 is 5.97 Å². The molecular formula is C25H28N2O5. The number of benzene rings is 1. The van der Waals surface area contributed by atoms with Gasteiger partial charge in [0.1, 0.15) is 17.1 Å². The van der Waals surface area contributed by atoms with Crippen molar-refractivity contribution in [1.82, 2.24) is 9.88 Å². The SMILES string of the molecule is C=Cc1ncccc1C(=O)N1CCCC[C@H]1CCOc1cccc2c1C(=O)OC(C)(C)O2. The Morgan fingerprint density at radius 3 is 2.94 bits per heavy atom. The van der Waals surface area contributed by atoms with Crippen LogP contribution in [0.2, 0.25) is 0 Å². The summed E-state index contributed by atoms with van der Waals surface area (Å²) >= 11 is 0. The molecule has 7 heteroatoms. The minimum absolute atomic E-state index is 0.0333. The molecule has 0 saturated carbocycles. The molecule has 0 N–H and O–H groups in total. The van der Waals surface area contributed by atoms with Crippen LogP contribution in [0.15, 0.2) is 43.1 Å². The molecule has 0 unspecified atom stereocenters. The average Bonchev–Trinajstić information content (AvgIpc) is 2.78. The molecule has 168 valence electrons. The third-order valence-corrected chi connectivity index (χ3v) is 5.75. The van der Waals surface area contributed by atoms with Crippen molar-refractivity contribution in [2.24, 2.45) is 0 Å². The number of likely N-dealkylation sites (tertiary alicyclic amines) is 1. The molecule has 1 fully saturated rings. The smallest absolute Gasteiger partial charge is 0.349 e. The molecule has 1 atom stereocenters. The van der Waals surface area contributed by atoms with Crippen LogP contribution in [0.5, 0.6) is 11.5 Å². The van der Waals surface area contributed by atoms with E-state index in [1.165, 1.54) is 0 Å². The van der Waals surface area contributed by atoms with E-state index in [9.17, 15) is 9.59 Å². The van der Waals surface area contributed by atoms with E-state index >= 15 is 0 Å². The number of hydrogen-bond donors (Lipinski definition) is 0. The maximum absolute atomic E-state index is 13.2. The van der Waals surface area contributed by atoms with Crippen LogP contribution in [-0.2, 0) is 4.74 Å². The summed E-state index contributed by atoms with van der Waals surface area (Å²) in [7, 11) is 0. The minimum Gasteiger partial charge on any atom is -0.492 e. The Labute approximate surface area is 188 Å². The number of pyridine rings is 1. The van der Waals surface area contributed by atoms with Crippen molar-refractivity contribution in [2.45, 2.75) is 51.4 Å². The second-order valence-electron chi connectivity index (χ2n) is 8.45. The van der Waals surface area contributed by atoms with Gasteiger partial charge in [-0.2, -0.15) is 0 Å². The van der Waals surface area contributed by atoms with Gasteiger partial charge in [0.15, 0.2) is 0 Å². The second kappa shape index (κ2) is 9.02. The summed E-state index contributed by atoms with van der Waals surface area (Å²) in [5, 5.41) is 0. The lowest BCUT2D eigenvalue weighted by atomic mass is 9.98. The molecule has 0 spiro atoms. The average molecular weight is 437 g/mol. The number of aromatic nitrogens is 1. The molecular weight excluding hydrogens is 408 g/mol. The Morgan fingerprint density at radius 1 is 1.28 bits per heavy atom. The lowest BCUT2D eigenvalue weighted by molar-refractivity contribution is -0.127. The number of rotatable bonds is 6. The fourth-order valence-corrected chi connectivity index (χ4v) is 4.27. The summed E-state index contributed by atoms with van der Waals surface area (Å²) in [6.45, 7) is 8.21. The van der Waals surface area contributed by atoms with Crippen molar-refractivity contribution in [3.8, 4) is 11.5 Å². The van der Waals surface area contributed by atoms with Crippen molar-refractivity contribution >= 4 is 18.0 Å². The fraction of sp³-hybridized carbons (Fsp3) is 0.400. The number of hydrogen-bond acceptors (Lipinski definition) is 6. The van der Waals surface area contributed by atoms with Gasteiger partial charge in [0.05, 0.1) is 17.9 Å². The van der Waals surface area contributed by atoms with Crippen molar-refractivity contribution < 1.29 is 23.8 Å². The van der Waals surface area contributed by atoms with Crippen molar-refractivity contribution in [3.63, 3.8) is 0 Å². The van der Waals surface area contributed by atoms with Gasteiger partial charge in [-0.1, -0.05) is 12.6 Å². The first kappa shape index (κ1) is 21.9. The number of carbonyl (C=O) groups excluding carboxylic acids is 2. The third kappa shape index (κ3) is 4.47. The Bertz CT molecular complexity index is 1030. The molecule has 0 bridgehead atoms. The predicted molar refractivity (Wildman–Crippen MR) is 120 cm³/mol. The summed E-state index contributed by atoms with van der Waals surface area (Å²) in [6.07, 6.45) is 6.86. The Kier molecular flexibility index (Phi) is 6.17. The van der Waals surface area contributed by atoms with E-state index in [1.54, 1.807) is 56.5 Å². The highest BCUT2D eigenvalue weighted by Gasteiger charge is 2.36. The van der Waals surface area contributed by atoms with E-state index in [4.69, 9.17) is 14.2 Å². The molecule has 1 aromatic carbocycles. The first-order valence-corrected chi connectivity index (χ1v) is 11.0. The molecule has 3 heterocycles. The summed E-state index contributed by atoms with van der Waals surface area (Å²) in [5.74, 6) is -0.629. The molecule has 1 aromatic heterocycles. The fourth-order valence-electron chi connectivity index (χ4n) is 4.27. The lowest BCUT2D eigenvalue weighted by Gasteiger charge is -2.36. The number of esters is 1. The number of fused-ring (bicyclic) bond motifs is 1. The maximum atomic E-state index is 13.2. The van der Waals surface area contributed by atoms with Gasteiger partial charge in [-0.3, -0.25) is 9.78 Å². The van der Waals surface area contributed by atoms with Crippen LogP contribution >= 0.6 is 0 Å². The molecule has 2 aliphatic rings. The minimum atomic E-state index is -1.01. The summed E-state index contributed by atoms with van der Waals surface area (Å²) < 4.78 is 17.1. The molecule has 2 aromatic rings. The Hall–Kier alpha value is -3.35. The van der Waals surface area contributed by atoms with E-state index in [0.717, 1.165) is 19.3 Å². The van der Waals surface area contributed by atoms with Crippen LogP contribution in [0.1, 0.15) is 65.9 Å². The van der Waals surface area contributed by atoms with E-state index in [1.807, 2.05) is 4.90 Å². The molecule has 4 rings (SSSR count). The summed E-state index contributed by atoms with van der Waals surface area (Å²) in [4.78, 5) is 31.9.